The number of guanidine groups is 1. The minimum atomic E-state index is 0. The molecule has 1 atom stereocenters. The summed E-state index contributed by atoms with van der Waals surface area (Å²) in [6.45, 7) is 7.56. The van der Waals surface area contributed by atoms with Gasteiger partial charge in [0.15, 0.2) is 5.96 Å². The molecule has 1 aliphatic heterocycles. The summed E-state index contributed by atoms with van der Waals surface area (Å²) in [5.74, 6) is 1.76. The summed E-state index contributed by atoms with van der Waals surface area (Å²) < 4.78 is 7.49. The van der Waals surface area contributed by atoms with Crippen LogP contribution in [-0.4, -0.2) is 60.2 Å². The normalized spacial score (nSPS) is 15.6. The Hall–Kier alpha value is -1.81. The smallest absolute Gasteiger partial charge is 0.191 e. The number of rotatable bonds is 9. The standard InChI is InChI=1S/C21H32N6O.HI/c1-3-23-21(24-10-14-26-13-9-22-17-26)25-16-20(27-11-4-5-12-27)18-7-6-8-19(15-18)28-2;/h6-9,13,15,17,20H,3-5,10-12,14,16H2,1-2H3,(H2,23,24,25);1H. The van der Waals surface area contributed by atoms with Crippen molar-refractivity contribution >= 4 is 29.9 Å². The van der Waals surface area contributed by atoms with E-state index in [1.54, 1.807) is 13.3 Å². The number of hydrogen-bond donors (Lipinski definition) is 2. The summed E-state index contributed by atoms with van der Waals surface area (Å²) in [4.78, 5) is 11.5. The Bertz CT molecular complexity index is 731. The maximum atomic E-state index is 5.43. The van der Waals surface area contributed by atoms with Gasteiger partial charge in [-0.1, -0.05) is 12.1 Å². The molecule has 2 N–H and O–H groups in total. The molecule has 3 rings (SSSR count). The number of nitrogens with zero attached hydrogens (tertiary/aromatic N) is 4. The monoisotopic (exact) mass is 512 g/mol. The van der Waals surface area contributed by atoms with Crippen molar-refractivity contribution in [1.29, 1.82) is 0 Å². The molecule has 1 fully saturated rings. The highest BCUT2D eigenvalue weighted by atomic mass is 127. The zero-order valence-corrected chi connectivity index (χ0v) is 19.7. The number of halogens is 1. The molecule has 1 unspecified atom stereocenters. The Morgan fingerprint density at radius 1 is 1.28 bits per heavy atom. The van der Waals surface area contributed by atoms with Crippen LogP contribution >= 0.6 is 24.0 Å². The van der Waals surface area contributed by atoms with Crippen LogP contribution in [-0.2, 0) is 6.54 Å². The van der Waals surface area contributed by atoms with E-state index < -0.39 is 0 Å². The third-order valence-corrected chi connectivity index (χ3v) is 5.05. The van der Waals surface area contributed by atoms with Crippen molar-refractivity contribution in [3.8, 4) is 5.75 Å². The maximum Gasteiger partial charge on any atom is 0.191 e. The van der Waals surface area contributed by atoms with E-state index in [9.17, 15) is 0 Å². The van der Waals surface area contributed by atoms with Crippen molar-refractivity contribution in [1.82, 2.24) is 25.1 Å². The highest BCUT2D eigenvalue weighted by molar-refractivity contribution is 14.0. The first-order valence-electron chi connectivity index (χ1n) is 10.2. The summed E-state index contributed by atoms with van der Waals surface area (Å²) in [6, 6.07) is 8.64. The largest absolute Gasteiger partial charge is 0.497 e. The molecule has 7 nitrogen and oxygen atoms in total. The molecule has 0 aliphatic carbocycles. The minimum absolute atomic E-state index is 0. The lowest BCUT2D eigenvalue weighted by Gasteiger charge is -2.27. The van der Waals surface area contributed by atoms with Gasteiger partial charge in [0.05, 0.1) is 26.0 Å². The van der Waals surface area contributed by atoms with Gasteiger partial charge in [-0.2, -0.15) is 0 Å². The molecule has 0 amide bonds. The fourth-order valence-electron chi connectivity index (χ4n) is 3.58. The Balaban J connectivity index is 0.00000300. The molecule has 2 aromatic rings. The summed E-state index contributed by atoms with van der Waals surface area (Å²) in [5.41, 5.74) is 1.26. The topological polar surface area (TPSA) is 66.7 Å². The zero-order valence-electron chi connectivity index (χ0n) is 17.4. The van der Waals surface area contributed by atoms with Crippen molar-refractivity contribution in [2.75, 3.05) is 39.8 Å². The first-order valence-corrected chi connectivity index (χ1v) is 10.2. The molecule has 29 heavy (non-hydrogen) atoms. The number of methoxy groups -OCH3 is 1. The highest BCUT2D eigenvalue weighted by Gasteiger charge is 2.23. The van der Waals surface area contributed by atoms with Gasteiger partial charge in [-0.3, -0.25) is 9.89 Å². The van der Waals surface area contributed by atoms with E-state index in [2.05, 4.69) is 50.2 Å². The van der Waals surface area contributed by atoms with Crippen molar-refractivity contribution in [3.63, 3.8) is 0 Å². The van der Waals surface area contributed by atoms with Crippen LogP contribution in [0.2, 0.25) is 0 Å². The number of likely N-dealkylation sites (tertiary alicyclic amines) is 1. The Morgan fingerprint density at radius 3 is 2.79 bits per heavy atom. The first kappa shape index (κ1) is 23.5. The second-order valence-electron chi connectivity index (χ2n) is 6.98. The van der Waals surface area contributed by atoms with Crippen LogP contribution in [0.3, 0.4) is 0 Å². The number of aromatic nitrogens is 2. The predicted octanol–water partition coefficient (Wildman–Crippen LogP) is 2.90. The number of benzene rings is 1. The second kappa shape index (κ2) is 12.7. The molecule has 0 spiro atoms. The van der Waals surface area contributed by atoms with Gasteiger partial charge in [0, 0.05) is 32.0 Å². The van der Waals surface area contributed by atoms with E-state index >= 15 is 0 Å². The molecule has 1 aromatic carbocycles. The molecular weight excluding hydrogens is 479 g/mol. The van der Waals surface area contributed by atoms with Crippen LogP contribution in [0.15, 0.2) is 48.0 Å². The molecule has 0 bridgehead atoms. The van der Waals surface area contributed by atoms with Gasteiger partial charge in [0.25, 0.3) is 0 Å². The van der Waals surface area contributed by atoms with E-state index in [-0.39, 0.29) is 30.0 Å². The SMILES string of the molecule is CCNC(=NCC(c1cccc(OC)c1)N1CCCC1)NCCn1ccnc1.I. The van der Waals surface area contributed by atoms with E-state index in [0.29, 0.717) is 6.54 Å². The van der Waals surface area contributed by atoms with Crippen LogP contribution in [0.5, 0.6) is 5.75 Å². The molecule has 160 valence electrons. The van der Waals surface area contributed by atoms with Gasteiger partial charge in [0.1, 0.15) is 5.75 Å². The quantitative estimate of drug-likeness (QED) is 0.308. The molecule has 8 heteroatoms. The molecule has 0 saturated carbocycles. The third kappa shape index (κ3) is 7.18. The number of aliphatic imine (C=N–C) groups is 1. The Labute approximate surface area is 191 Å². The molecule has 2 heterocycles. The summed E-state index contributed by atoms with van der Waals surface area (Å²) >= 11 is 0. The lowest BCUT2D eigenvalue weighted by Crippen LogP contribution is -2.39. The van der Waals surface area contributed by atoms with Crippen molar-refractivity contribution in [2.24, 2.45) is 4.99 Å². The molecule has 1 aliphatic rings. The van der Waals surface area contributed by atoms with E-state index in [1.165, 1.54) is 18.4 Å². The van der Waals surface area contributed by atoms with Crippen LogP contribution in [0.1, 0.15) is 31.4 Å². The highest BCUT2D eigenvalue weighted by Crippen LogP contribution is 2.27. The lowest BCUT2D eigenvalue weighted by molar-refractivity contribution is 0.251. The molecule has 1 aromatic heterocycles. The Morgan fingerprint density at radius 2 is 2.10 bits per heavy atom. The van der Waals surface area contributed by atoms with Crippen molar-refractivity contribution in [2.45, 2.75) is 32.4 Å². The van der Waals surface area contributed by atoms with Gasteiger partial charge in [-0.05, 0) is 50.6 Å². The predicted molar refractivity (Wildman–Crippen MR) is 128 cm³/mol. The Kier molecular flexibility index (Phi) is 10.3. The number of imidazole rings is 1. The average molecular weight is 512 g/mol. The average Bonchev–Trinajstić information content (AvgIpc) is 3.43. The molecule has 1 saturated heterocycles. The molecule has 0 radical (unpaired) electrons. The van der Waals surface area contributed by atoms with Gasteiger partial charge < -0.3 is 19.9 Å². The summed E-state index contributed by atoms with van der Waals surface area (Å²) in [6.07, 6.45) is 8.12. The van der Waals surface area contributed by atoms with E-state index in [1.807, 2.05) is 18.6 Å². The van der Waals surface area contributed by atoms with Gasteiger partial charge in [-0.25, -0.2) is 4.98 Å². The summed E-state index contributed by atoms with van der Waals surface area (Å²) in [5, 5.41) is 6.78. The fourth-order valence-corrected chi connectivity index (χ4v) is 3.58. The van der Waals surface area contributed by atoms with Gasteiger partial charge in [0.2, 0.25) is 0 Å². The van der Waals surface area contributed by atoms with E-state index in [4.69, 9.17) is 9.73 Å². The second-order valence-corrected chi connectivity index (χ2v) is 6.98. The number of hydrogen-bond acceptors (Lipinski definition) is 4. The van der Waals surface area contributed by atoms with Crippen molar-refractivity contribution in [3.05, 3.63) is 48.5 Å². The van der Waals surface area contributed by atoms with E-state index in [0.717, 1.165) is 44.4 Å². The van der Waals surface area contributed by atoms with Gasteiger partial charge >= 0.3 is 0 Å². The lowest BCUT2D eigenvalue weighted by atomic mass is 10.1. The van der Waals surface area contributed by atoms with Crippen LogP contribution in [0, 0.1) is 0 Å². The summed E-state index contributed by atoms with van der Waals surface area (Å²) in [7, 11) is 1.72. The van der Waals surface area contributed by atoms with Crippen LogP contribution in [0.25, 0.3) is 0 Å². The van der Waals surface area contributed by atoms with Crippen molar-refractivity contribution < 1.29 is 4.74 Å². The number of ether oxygens (including phenoxy) is 1. The molecular formula is C21H33IN6O. The van der Waals surface area contributed by atoms with Crippen LogP contribution in [0.4, 0.5) is 0 Å². The zero-order chi connectivity index (χ0) is 19.6. The number of nitrogens with one attached hydrogen (secondary N) is 2. The van der Waals surface area contributed by atoms with Crippen LogP contribution < -0.4 is 15.4 Å². The minimum Gasteiger partial charge on any atom is -0.497 e. The van der Waals surface area contributed by atoms with Gasteiger partial charge in [-0.15, -0.1) is 24.0 Å². The first-order chi connectivity index (χ1) is 13.8. The fraction of sp³-hybridized carbons (Fsp3) is 0.524. The third-order valence-electron chi connectivity index (χ3n) is 5.05. The maximum absolute atomic E-state index is 5.43.